The first-order valence-corrected chi connectivity index (χ1v) is 11.5. The number of ether oxygens (including phenoxy) is 2. The second kappa shape index (κ2) is 9.73. The van der Waals surface area contributed by atoms with Gasteiger partial charge in [-0.3, -0.25) is 9.69 Å². The molecule has 0 aromatic heterocycles. The van der Waals surface area contributed by atoms with Gasteiger partial charge in [-0.1, -0.05) is 0 Å². The van der Waals surface area contributed by atoms with Gasteiger partial charge in [0.1, 0.15) is 28.8 Å². The standard InChI is InChI=1S/C27H27FN2O3/c28-20-5-9-23(10-6-20)33-25-13-11-24(12-14-25)32-22-7-3-19(4-8-22)27(31)26-2-1-17-30(26)21-15-16-29-18-21/h3-14,21,26,29H,1-2,15-18H2. The van der Waals surface area contributed by atoms with Gasteiger partial charge in [0.05, 0.1) is 6.04 Å². The largest absolute Gasteiger partial charge is 0.457 e. The molecule has 2 aliphatic rings. The number of ketones is 1. The molecule has 2 unspecified atom stereocenters. The Morgan fingerprint density at radius 1 is 0.818 bits per heavy atom. The Hall–Kier alpha value is -3.22. The van der Waals surface area contributed by atoms with Crippen LogP contribution in [-0.4, -0.2) is 42.4 Å². The molecule has 0 bridgehead atoms. The molecule has 33 heavy (non-hydrogen) atoms. The molecule has 3 aromatic carbocycles. The van der Waals surface area contributed by atoms with Gasteiger partial charge in [-0.25, -0.2) is 4.39 Å². The SMILES string of the molecule is O=C(c1ccc(Oc2ccc(Oc3ccc(F)cc3)cc2)cc1)C1CCCN1C1CCNC1. The number of benzene rings is 3. The van der Waals surface area contributed by atoms with Crippen LogP contribution in [0.1, 0.15) is 29.6 Å². The summed E-state index contributed by atoms with van der Waals surface area (Å²) < 4.78 is 24.7. The molecule has 0 saturated carbocycles. The fourth-order valence-electron chi connectivity index (χ4n) is 4.66. The van der Waals surface area contributed by atoms with E-state index in [1.807, 2.05) is 36.4 Å². The summed E-state index contributed by atoms with van der Waals surface area (Å²) in [5.41, 5.74) is 0.730. The van der Waals surface area contributed by atoms with Gasteiger partial charge in [0.2, 0.25) is 0 Å². The van der Waals surface area contributed by atoms with Crippen molar-refractivity contribution >= 4 is 5.78 Å². The lowest BCUT2D eigenvalue weighted by molar-refractivity contribution is 0.0826. The highest BCUT2D eigenvalue weighted by molar-refractivity contribution is 6.00. The van der Waals surface area contributed by atoms with Crippen LogP contribution in [0.2, 0.25) is 0 Å². The van der Waals surface area contributed by atoms with Crippen LogP contribution in [0.4, 0.5) is 4.39 Å². The molecule has 2 aliphatic heterocycles. The molecule has 5 rings (SSSR count). The highest BCUT2D eigenvalue weighted by atomic mass is 19.1. The molecule has 0 amide bonds. The van der Waals surface area contributed by atoms with Crippen molar-refractivity contribution in [2.45, 2.75) is 31.3 Å². The van der Waals surface area contributed by atoms with Crippen molar-refractivity contribution in [1.82, 2.24) is 10.2 Å². The van der Waals surface area contributed by atoms with Gasteiger partial charge in [-0.15, -0.1) is 0 Å². The minimum absolute atomic E-state index is 0.0182. The molecule has 0 radical (unpaired) electrons. The number of hydrogen-bond acceptors (Lipinski definition) is 5. The molecule has 2 heterocycles. The molecule has 0 spiro atoms. The quantitative estimate of drug-likeness (QED) is 0.491. The van der Waals surface area contributed by atoms with Crippen molar-refractivity contribution in [1.29, 1.82) is 0 Å². The Kier molecular flexibility index (Phi) is 6.37. The average Bonchev–Trinajstić information content (AvgIpc) is 3.54. The van der Waals surface area contributed by atoms with E-state index in [-0.39, 0.29) is 17.6 Å². The number of Topliss-reactive ketones (excluding diaryl/α,β-unsaturated/α-hetero) is 1. The highest BCUT2D eigenvalue weighted by Gasteiger charge is 2.36. The predicted octanol–water partition coefficient (Wildman–Crippen LogP) is 5.42. The maximum absolute atomic E-state index is 13.2. The van der Waals surface area contributed by atoms with E-state index in [0.717, 1.165) is 44.5 Å². The zero-order valence-electron chi connectivity index (χ0n) is 18.4. The van der Waals surface area contributed by atoms with Crippen molar-refractivity contribution in [3.05, 3.63) is 84.2 Å². The van der Waals surface area contributed by atoms with E-state index < -0.39 is 0 Å². The van der Waals surface area contributed by atoms with Crippen LogP contribution in [-0.2, 0) is 0 Å². The van der Waals surface area contributed by atoms with Crippen LogP contribution in [0.5, 0.6) is 23.0 Å². The van der Waals surface area contributed by atoms with Gasteiger partial charge in [0.25, 0.3) is 0 Å². The number of likely N-dealkylation sites (tertiary alicyclic amines) is 1. The first kappa shape index (κ1) is 21.6. The topological polar surface area (TPSA) is 50.8 Å². The lowest BCUT2D eigenvalue weighted by atomic mass is 10.0. The first-order valence-electron chi connectivity index (χ1n) is 11.5. The van der Waals surface area contributed by atoms with Gasteiger partial charge < -0.3 is 14.8 Å². The molecule has 1 N–H and O–H groups in total. The van der Waals surface area contributed by atoms with Gasteiger partial charge in [-0.05, 0) is 105 Å². The number of nitrogens with one attached hydrogen (secondary N) is 1. The summed E-state index contributed by atoms with van der Waals surface area (Å²) in [6.07, 6.45) is 3.12. The van der Waals surface area contributed by atoms with Crippen LogP contribution in [0.25, 0.3) is 0 Å². The van der Waals surface area contributed by atoms with Crippen LogP contribution in [0.15, 0.2) is 72.8 Å². The lowest BCUT2D eigenvalue weighted by Crippen LogP contribution is -2.44. The number of rotatable bonds is 7. The summed E-state index contributed by atoms with van der Waals surface area (Å²) in [5, 5.41) is 3.41. The van der Waals surface area contributed by atoms with E-state index in [1.54, 1.807) is 24.3 Å². The normalized spacial score (nSPS) is 20.6. The van der Waals surface area contributed by atoms with Crippen LogP contribution < -0.4 is 14.8 Å². The minimum Gasteiger partial charge on any atom is -0.457 e. The molecule has 0 aliphatic carbocycles. The Bertz CT molecular complexity index is 1080. The van der Waals surface area contributed by atoms with Crippen molar-refractivity contribution < 1.29 is 18.7 Å². The van der Waals surface area contributed by atoms with Crippen molar-refractivity contribution in [2.75, 3.05) is 19.6 Å². The Morgan fingerprint density at radius 3 is 1.91 bits per heavy atom. The lowest BCUT2D eigenvalue weighted by Gasteiger charge is -2.29. The Balaban J connectivity index is 1.20. The van der Waals surface area contributed by atoms with Gasteiger partial charge in [0.15, 0.2) is 5.78 Å². The summed E-state index contributed by atoms with van der Waals surface area (Å²) in [4.78, 5) is 15.5. The summed E-state index contributed by atoms with van der Waals surface area (Å²) in [7, 11) is 0. The number of hydrogen-bond donors (Lipinski definition) is 1. The molecule has 5 nitrogen and oxygen atoms in total. The molecular weight excluding hydrogens is 419 g/mol. The number of nitrogens with zero attached hydrogens (tertiary/aromatic N) is 1. The number of halogens is 1. The third kappa shape index (κ3) is 5.07. The monoisotopic (exact) mass is 446 g/mol. The number of carbonyl (C=O) groups is 1. The summed E-state index contributed by atoms with van der Waals surface area (Å²) in [6, 6.07) is 20.9. The summed E-state index contributed by atoms with van der Waals surface area (Å²) >= 11 is 0. The molecule has 2 saturated heterocycles. The second-order valence-electron chi connectivity index (χ2n) is 8.56. The van der Waals surface area contributed by atoms with E-state index >= 15 is 0 Å². The second-order valence-corrected chi connectivity index (χ2v) is 8.56. The van der Waals surface area contributed by atoms with E-state index in [9.17, 15) is 9.18 Å². The van der Waals surface area contributed by atoms with Crippen LogP contribution >= 0.6 is 0 Å². The first-order chi connectivity index (χ1) is 16.2. The fraction of sp³-hybridized carbons (Fsp3) is 0.296. The van der Waals surface area contributed by atoms with E-state index in [4.69, 9.17) is 9.47 Å². The molecular formula is C27H27FN2O3. The van der Waals surface area contributed by atoms with Crippen LogP contribution in [0, 0.1) is 5.82 Å². The Labute approximate surface area is 193 Å². The summed E-state index contributed by atoms with van der Waals surface area (Å²) in [6.45, 7) is 3.02. The van der Waals surface area contributed by atoms with E-state index in [0.29, 0.717) is 29.0 Å². The molecule has 2 atom stereocenters. The fourth-order valence-corrected chi connectivity index (χ4v) is 4.66. The average molecular weight is 447 g/mol. The maximum atomic E-state index is 13.2. The predicted molar refractivity (Wildman–Crippen MR) is 125 cm³/mol. The van der Waals surface area contributed by atoms with Crippen LogP contribution in [0.3, 0.4) is 0 Å². The van der Waals surface area contributed by atoms with Gasteiger partial charge in [-0.2, -0.15) is 0 Å². The van der Waals surface area contributed by atoms with Crippen molar-refractivity contribution in [3.8, 4) is 23.0 Å². The van der Waals surface area contributed by atoms with Gasteiger partial charge in [0, 0.05) is 18.2 Å². The Morgan fingerprint density at radius 2 is 1.36 bits per heavy atom. The minimum atomic E-state index is -0.300. The zero-order chi connectivity index (χ0) is 22.6. The third-order valence-corrected chi connectivity index (χ3v) is 6.35. The summed E-state index contributed by atoms with van der Waals surface area (Å²) in [5.74, 6) is 2.43. The third-order valence-electron chi connectivity index (χ3n) is 6.35. The zero-order valence-corrected chi connectivity index (χ0v) is 18.4. The molecule has 3 aromatic rings. The molecule has 6 heteroatoms. The van der Waals surface area contributed by atoms with Crippen molar-refractivity contribution in [3.63, 3.8) is 0 Å². The molecule has 170 valence electrons. The van der Waals surface area contributed by atoms with E-state index in [1.165, 1.54) is 12.1 Å². The van der Waals surface area contributed by atoms with Crippen molar-refractivity contribution in [2.24, 2.45) is 0 Å². The smallest absolute Gasteiger partial charge is 0.179 e. The highest BCUT2D eigenvalue weighted by Crippen LogP contribution is 2.29. The maximum Gasteiger partial charge on any atom is 0.179 e. The number of carbonyl (C=O) groups excluding carboxylic acids is 1. The molecule has 2 fully saturated rings. The van der Waals surface area contributed by atoms with Gasteiger partial charge >= 0.3 is 0 Å². The van der Waals surface area contributed by atoms with E-state index in [2.05, 4.69) is 10.2 Å².